The fourth-order valence-electron chi connectivity index (χ4n) is 2.24. The maximum atomic E-state index is 12.6. The lowest BCUT2D eigenvalue weighted by atomic mass is 10.1. The number of furan rings is 1. The molecule has 3 rings (SSSR count). The molecule has 0 saturated carbocycles. The largest absolute Gasteiger partial charge is 0.497 e. The molecular formula is C16H13N3O4. The second kappa shape index (κ2) is 5.80. The Bertz CT molecular complexity index is 887. The number of primary amides is 1. The number of nitrogens with zero attached hydrogens (tertiary/aromatic N) is 1. The Morgan fingerprint density at radius 3 is 2.78 bits per heavy atom. The van der Waals surface area contributed by atoms with Gasteiger partial charge in [-0.05, 0) is 30.3 Å². The molecule has 0 atom stereocenters. The van der Waals surface area contributed by atoms with Crippen molar-refractivity contribution in [3.63, 3.8) is 0 Å². The van der Waals surface area contributed by atoms with E-state index >= 15 is 0 Å². The van der Waals surface area contributed by atoms with Gasteiger partial charge < -0.3 is 20.2 Å². The van der Waals surface area contributed by atoms with Crippen LogP contribution < -0.4 is 15.8 Å². The maximum absolute atomic E-state index is 12.6. The fraction of sp³-hybridized carbons (Fsp3) is 0.0625. The number of benzene rings is 1. The number of methoxy groups -OCH3 is 1. The number of nitrogens with two attached hydrogens (primary N) is 1. The van der Waals surface area contributed by atoms with Crippen LogP contribution in [0.2, 0.25) is 0 Å². The van der Waals surface area contributed by atoms with Crippen molar-refractivity contribution in [3.05, 3.63) is 54.0 Å². The van der Waals surface area contributed by atoms with E-state index in [9.17, 15) is 9.59 Å². The average molecular weight is 311 g/mol. The fourth-order valence-corrected chi connectivity index (χ4v) is 2.24. The third-order valence-electron chi connectivity index (χ3n) is 3.27. The first-order chi connectivity index (χ1) is 11.1. The summed E-state index contributed by atoms with van der Waals surface area (Å²) in [5.41, 5.74) is 6.19. The maximum Gasteiger partial charge on any atom is 0.316 e. The molecule has 7 nitrogen and oxygen atoms in total. The molecule has 0 bridgehead atoms. The van der Waals surface area contributed by atoms with Gasteiger partial charge in [0.2, 0.25) is 5.78 Å². The number of ether oxygens (including phenoxy) is 1. The van der Waals surface area contributed by atoms with E-state index in [1.807, 2.05) is 0 Å². The van der Waals surface area contributed by atoms with Gasteiger partial charge in [0.05, 0.1) is 7.11 Å². The number of fused-ring (bicyclic) bond motifs is 1. The topological polar surface area (TPSA) is 107 Å². The van der Waals surface area contributed by atoms with Crippen molar-refractivity contribution in [1.29, 1.82) is 0 Å². The molecule has 0 aliphatic heterocycles. The Balaban J connectivity index is 2.19. The molecule has 0 aliphatic carbocycles. The number of rotatable bonds is 4. The number of anilines is 1. The van der Waals surface area contributed by atoms with Crippen LogP contribution in [-0.4, -0.2) is 23.9 Å². The summed E-state index contributed by atoms with van der Waals surface area (Å²) >= 11 is 0. The highest BCUT2D eigenvalue weighted by atomic mass is 16.5. The number of pyridine rings is 1. The Morgan fingerprint density at radius 2 is 2.13 bits per heavy atom. The Kier molecular flexibility index (Phi) is 3.68. The van der Waals surface area contributed by atoms with Gasteiger partial charge in [-0.15, -0.1) is 0 Å². The van der Waals surface area contributed by atoms with Gasteiger partial charge in [0.1, 0.15) is 17.0 Å². The lowest BCUT2D eigenvalue weighted by molar-refractivity contribution is 0.101. The van der Waals surface area contributed by atoms with Crippen LogP contribution in [0.4, 0.5) is 10.5 Å². The smallest absolute Gasteiger partial charge is 0.316 e. The highest BCUT2D eigenvalue weighted by Gasteiger charge is 2.23. The van der Waals surface area contributed by atoms with Crippen LogP contribution in [0.5, 0.6) is 5.75 Å². The second-order valence-electron chi connectivity index (χ2n) is 4.73. The summed E-state index contributed by atoms with van der Waals surface area (Å²) in [6, 6.07) is 7.45. The SMILES string of the molecule is COc1ccc2oc(C(=O)c3cccnc3)c(NC(N)=O)c2c1. The van der Waals surface area contributed by atoms with Crippen LogP contribution in [0, 0.1) is 0 Å². The van der Waals surface area contributed by atoms with E-state index < -0.39 is 11.8 Å². The van der Waals surface area contributed by atoms with Gasteiger partial charge in [0.25, 0.3) is 0 Å². The molecule has 0 spiro atoms. The third-order valence-corrected chi connectivity index (χ3v) is 3.27. The van der Waals surface area contributed by atoms with E-state index in [0.717, 1.165) is 0 Å². The zero-order valence-corrected chi connectivity index (χ0v) is 12.2. The van der Waals surface area contributed by atoms with Crippen LogP contribution in [0.15, 0.2) is 47.1 Å². The number of carbonyl (C=O) groups is 2. The quantitative estimate of drug-likeness (QED) is 0.720. The predicted octanol–water partition coefficient (Wildman–Crippen LogP) is 2.56. The van der Waals surface area contributed by atoms with Gasteiger partial charge >= 0.3 is 6.03 Å². The molecule has 2 heterocycles. The van der Waals surface area contributed by atoms with E-state index in [1.54, 1.807) is 36.5 Å². The zero-order valence-electron chi connectivity index (χ0n) is 12.2. The van der Waals surface area contributed by atoms with Crippen LogP contribution in [-0.2, 0) is 0 Å². The van der Waals surface area contributed by atoms with Crippen molar-refractivity contribution < 1.29 is 18.7 Å². The van der Waals surface area contributed by atoms with Crippen molar-refractivity contribution in [3.8, 4) is 5.75 Å². The number of nitrogens with one attached hydrogen (secondary N) is 1. The van der Waals surface area contributed by atoms with Crippen LogP contribution in [0.3, 0.4) is 0 Å². The first-order valence-corrected chi connectivity index (χ1v) is 6.72. The summed E-state index contributed by atoms with van der Waals surface area (Å²) in [4.78, 5) is 27.8. The summed E-state index contributed by atoms with van der Waals surface area (Å²) in [5, 5.41) is 2.97. The van der Waals surface area contributed by atoms with Gasteiger partial charge in [-0.3, -0.25) is 9.78 Å². The Hall–Kier alpha value is -3.35. The van der Waals surface area contributed by atoms with Crippen molar-refractivity contribution in [2.75, 3.05) is 12.4 Å². The first-order valence-electron chi connectivity index (χ1n) is 6.72. The molecule has 23 heavy (non-hydrogen) atoms. The summed E-state index contributed by atoms with van der Waals surface area (Å²) in [6.07, 6.45) is 2.98. The Labute approximate surface area is 131 Å². The molecule has 0 unspecified atom stereocenters. The lowest BCUT2D eigenvalue weighted by Crippen LogP contribution is -2.20. The molecule has 0 fully saturated rings. The van der Waals surface area contributed by atoms with Crippen molar-refractivity contribution in [2.24, 2.45) is 5.73 Å². The van der Waals surface area contributed by atoms with Gasteiger partial charge in [0.15, 0.2) is 5.76 Å². The number of carbonyl (C=O) groups excluding carboxylic acids is 2. The van der Waals surface area contributed by atoms with E-state index in [2.05, 4.69) is 10.3 Å². The molecule has 3 aromatic rings. The number of ketones is 1. The van der Waals surface area contributed by atoms with Crippen molar-refractivity contribution >= 4 is 28.5 Å². The van der Waals surface area contributed by atoms with Crippen molar-refractivity contribution in [2.45, 2.75) is 0 Å². The predicted molar refractivity (Wildman–Crippen MR) is 83.6 cm³/mol. The summed E-state index contributed by atoms with van der Waals surface area (Å²) in [5.74, 6) is 0.142. The van der Waals surface area contributed by atoms with Gasteiger partial charge in [0, 0.05) is 23.3 Å². The second-order valence-corrected chi connectivity index (χ2v) is 4.73. The van der Waals surface area contributed by atoms with Gasteiger partial charge in [-0.1, -0.05) is 0 Å². The summed E-state index contributed by atoms with van der Waals surface area (Å²) in [6.45, 7) is 0. The summed E-state index contributed by atoms with van der Waals surface area (Å²) in [7, 11) is 1.52. The molecular weight excluding hydrogens is 298 g/mol. The number of hydrogen-bond acceptors (Lipinski definition) is 5. The molecule has 3 N–H and O–H groups in total. The average Bonchev–Trinajstić information content (AvgIpc) is 2.92. The first kappa shape index (κ1) is 14.6. The number of amides is 2. The molecule has 7 heteroatoms. The van der Waals surface area contributed by atoms with Crippen LogP contribution >= 0.6 is 0 Å². The number of urea groups is 1. The van der Waals surface area contributed by atoms with E-state index in [4.69, 9.17) is 14.9 Å². The number of hydrogen-bond donors (Lipinski definition) is 2. The lowest BCUT2D eigenvalue weighted by Gasteiger charge is -2.03. The molecule has 0 aliphatic rings. The van der Waals surface area contributed by atoms with Crippen LogP contribution in [0.25, 0.3) is 11.0 Å². The molecule has 2 aromatic heterocycles. The highest BCUT2D eigenvalue weighted by Crippen LogP contribution is 2.34. The minimum atomic E-state index is -0.796. The van der Waals surface area contributed by atoms with Gasteiger partial charge in [-0.25, -0.2) is 4.79 Å². The highest BCUT2D eigenvalue weighted by molar-refractivity contribution is 6.16. The normalized spacial score (nSPS) is 10.5. The monoisotopic (exact) mass is 311 g/mol. The Morgan fingerprint density at radius 1 is 1.30 bits per heavy atom. The molecule has 0 saturated heterocycles. The molecule has 116 valence electrons. The standard InChI is InChI=1S/C16H13N3O4/c1-22-10-4-5-12-11(7-10)13(19-16(17)21)15(23-12)14(20)9-3-2-6-18-8-9/h2-8H,1H3,(H3,17,19,21). The molecule has 0 radical (unpaired) electrons. The molecule has 1 aromatic carbocycles. The van der Waals surface area contributed by atoms with E-state index in [1.165, 1.54) is 13.3 Å². The van der Waals surface area contributed by atoms with Crippen LogP contribution in [0.1, 0.15) is 16.1 Å². The van der Waals surface area contributed by atoms with Gasteiger partial charge in [-0.2, -0.15) is 0 Å². The zero-order chi connectivity index (χ0) is 16.4. The third kappa shape index (κ3) is 2.71. The minimum absolute atomic E-state index is 0.0138. The van der Waals surface area contributed by atoms with E-state index in [-0.39, 0.29) is 11.4 Å². The van der Waals surface area contributed by atoms with E-state index in [0.29, 0.717) is 22.3 Å². The summed E-state index contributed by atoms with van der Waals surface area (Å²) < 4.78 is 10.8. The minimum Gasteiger partial charge on any atom is -0.497 e. The van der Waals surface area contributed by atoms with Crippen molar-refractivity contribution in [1.82, 2.24) is 4.98 Å². The number of aromatic nitrogens is 1. The molecule has 2 amide bonds.